The van der Waals surface area contributed by atoms with Gasteiger partial charge in [-0.3, -0.25) is 20.2 Å². The summed E-state index contributed by atoms with van der Waals surface area (Å²) in [6.07, 6.45) is 3.96. The van der Waals surface area contributed by atoms with Crippen molar-refractivity contribution in [2.45, 2.75) is 13.3 Å². The van der Waals surface area contributed by atoms with Gasteiger partial charge in [-0.2, -0.15) is 0 Å². The van der Waals surface area contributed by atoms with Crippen LogP contribution in [-0.4, -0.2) is 32.4 Å². The maximum atomic E-state index is 8.44. The molecule has 0 atom stereocenters. The van der Waals surface area contributed by atoms with Crippen molar-refractivity contribution >= 4 is 22.2 Å². The highest BCUT2D eigenvalue weighted by atomic mass is 32.1. The average Bonchev–Trinajstić information content (AvgIpc) is 2.70. The van der Waals surface area contributed by atoms with Gasteiger partial charge in [0.05, 0.1) is 17.7 Å². The first-order chi connectivity index (χ1) is 9.15. The standard InChI is InChI=1S/C11H14N4O3S/c1-8-10(4-7-18-15(16)17)19-11(13-8)14-9-2-5-12-6-3-9/h2-3,5-6,16-17H,4,7H2,1H3,(H,12,13,14). The summed E-state index contributed by atoms with van der Waals surface area (Å²) in [7, 11) is 0. The topological polar surface area (TPSA) is 90.7 Å². The number of hydrogen-bond donors (Lipinski definition) is 3. The predicted octanol–water partition coefficient (Wildman–Crippen LogP) is 2.14. The smallest absolute Gasteiger partial charge is 0.187 e. The van der Waals surface area contributed by atoms with Gasteiger partial charge >= 0.3 is 0 Å². The van der Waals surface area contributed by atoms with Crippen molar-refractivity contribution in [3.05, 3.63) is 35.1 Å². The van der Waals surface area contributed by atoms with Crippen LogP contribution in [0.2, 0.25) is 0 Å². The second kappa shape index (κ2) is 6.55. The first-order valence-corrected chi connectivity index (χ1v) is 6.41. The molecule has 0 bridgehead atoms. The molecule has 8 heteroatoms. The largest absolute Gasteiger partial charge is 0.331 e. The summed E-state index contributed by atoms with van der Waals surface area (Å²) in [5, 5.41) is 20.5. The van der Waals surface area contributed by atoms with E-state index in [4.69, 9.17) is 10.4 Å². The lowest BCUT2D eigenvalue weighted by Crippen LogP contribution is -2.16. The minimum atomic E-state index is -0.285. The van der Waals surface area contributed by atoms with Crippen molar-refractivity contribution in [2.24, 2.45) is 0 Å². The van der Waals surface area contributed by atoms with Crippen LogP contribution >= 0.6 is 11.3 Å². The quantitative estimate of drug-likeness (QED) is 0.699. The molecular formula is C11H14N4O3S. The fraction of sp³-hybridized carbons (Fsp3) is 0.273. The third-order valence-electron chi connectivity index (χ3n) is 2.36. The number of thiazole rings is 1. The monoisotopic (exact) mass is 282 g/mol. The maximum absolute atomic E-state index is 8.44. The number of aromatic nitrogens is 2. The molecule has 0 fully saturated rings. The van der Waals surface area contributed by atoms with E-state index in [2.05, 4.69) is 20.1 Å². The van der Waals surface area contributed by atoms with Gasteiger partial charge < -0.3 is 5.32 Å². The Morgan fingerprint density at radius 2 is 2.11 bits per heavy atom. The fourth-order valence-corrected chi connectivity index (χ4v) is 2.46. The highest BCUT2D eigenvalue weighted by molar-refractivity contribution is 7.15. The van der Waals surface area contributed by atoms with Crippen molar-refractivity contribution in [3.8, 4) is 0 Å². The van der Waals surface area contributed by atoms with Gasteiger partial charge in [-0.05, 0) is 19.1 Å². The first-order valence-electron chi connectivity index (χ1n) is 5.59. The molecule has 2 heterocycles. The lowest BCUT2D eigenvalue weighted by Gasteiger charge is -2.04. The Hall–Kier alpha value is -1.58. The number of aryl methyl sites for hydroxylation is 1. The number of nitrogens with one attached hydrogen (secondary N) is 1. The SMILES string of the molecule is Cc1nc(Nc2ccncc2)sc1CCON(O)O. The number of rotatable bonds is 6. The zero-order valence-corrected chi connectivity index (χ0v) is 11.1. The van der Waals surface area contributed by atoms with Crippen LogP contribution in [0.1, 0.15) is 10.6 Å². The summed E-state index contributed by atoms with van der Waals surface area (Å²) in [4.78, 5) is 13.9. The Morgan fingerprint density at radius 1 is 1.37 bits per heavy atom. The number of hydrogen-bond acceptors (Lipinski definition) is 8. The van der Waals surface area contributed by atoms with Gasteiger partial charge in [0.1, 0.15) is 0 Å². The lowest BCUT2D eigenvalue weighted by molar-refractivity contribution is -0.492. The normalized spacial score (nSPS) is 10.9. The van der Waals surface area contributed by atoms with Crippen LogP contribution in [0, 0.1) is 6.92 Å². The molecule has 102 valence electrons. The molecule has 2 aromatic rings. The highest BCUT2D eigenvalue weighted by Crippen LogP contribution is 2.25. The van der Waals surface area contributed by atoms with Gasteiger partial charge in [-0.1, -0.05) is 0 Å². The number of nitrogens with zero attached hydrogens (tertiary/aromatic N) is 3. The second-order valence-electron chi connectivity index (χ2n) is 3.72. The maximum Gasteiger partial charge on any atom is 0.187 e. The third kappa shape index (κ3) is 4.23. The van der Waals surface area contributed by atoms with E-state index < -0.39 is 0 Å². The molecule has 0 aliphatic heterocycles. The van der Waals surface area contributed by atoms with E-state index in [0.717, 1.165) is 21.4 Å². The van der Waals surface area contributed by atoms with Crippen LogP contribution in [0.5, 0.6) is 0 Å². The van der Waals surface area contributed by atoms with E-state index in [1.54, 1.807) is 12.4 Å². The molecule has 0 unspecified atom stereocenters. The predicted molar refractivity (Wildman–Crippen MR) is 69.4 cm³/mol. The van der Waals surface area contributed by atoms with Crippen LogP contribution in [0.25, 0.3) is 0 Å². The Bertz CT molecular complexity index is 518. The van der Waals surface area contributed by atoms with Crippen molar-refractivity contribution in [1.82, 2.24) is 15.4 Å². The van der Waals surface area contributed by atoms with E-state index in [0.29, 0.717) is 6.42 Å². The van der Waals surface area contributed by atoms with E-state index in [1.165, 1.54) is 11.3 Å². The molecule has 0 aliphatic carbocycles. The molecule has 3 N–H and O–H groups in total. The summed E-state index contributed by atoms with van der Waals surface area (Å²) in [6.45, 7) is 2.07. The summed E-state index contributed by atoms with van der Waals surface area (Å²) in [5.74, 6) is 0. The van der Waals surface area contributed by atoms with Crippen molar-refractivity contribution < 1.29 is 15.3 Å². The van der Waals surface area contributed by atoms with Gasteiger partial charge in [-0.15, -0.1) is 11.3 Å². The zero-order valence-electron chi connectivity index (χ0n) is 10.3. The van der Waals surface area contributed by atoms with Crippen molar-refractivity contribution in [1.29, 1.82) is 0 Å². The molecule has 0 spiro atoms. The molecular weight excluding hydrogens is 268 g/mol. The Balaban J connectivity index is 1.96. The van der Waals surface area contributed by atoms with E-state index in [1.807, 2.05) is 19.1 Å². The van der Waals surface area contributed by atoms with Gasteiger partial charge in [0, 0.05) is 29.4 Å². The highest BCUT2D eigenvalue weighted by Gasteiger charge is 2.08. The molecule has 0 amide bonds. The number of pyridine rings is 1. The molecule has 2 aromatic heterocycles. The molecule has 0 aliphatic rings. The van der Waals surface area contributed by atoms with Crippen LogP contribution in [0.15, 0.2) is 24.5 Å². The molecule has 0 aromatic carbocycles. The van der Waals surface area contributed by atoms with Crippen LogP contribution in [-0.2, 0) is 11.3 Å². The van der Waals surface area contributed by atoms with Gasteiger partial charge in [0.2, 0.25) is 0 Å². The van der Waals surface area contributed by atoms with Crippen molar-refractivity contribution in [3.63, 3.8) is 0 Å². The molecule has 0 saturated heterocycles. The van der Waals surface area contributed by atoms with E-state index in [9.17, 15) is 0 Å². The van der Waals surface area contributed by atoms with Crippen LogP contribution in [0.4, 0.5) is 10.8 Å². The van der Waals surface area contributed by atoms with E-state index >= 15 is 0 Å². The van der Waals surface area contributed by atoms with Gasteiger partial charge in [-0.25, -0.2) is 4.98 Å². The lowest BCUT2D eigenvalue weighted by atomic mass is 10.3. The summed E-state index contributed by atoms with van der Waals surface area (Å²) in [6, 6.07) is 3.71. The van der Waals surface area contributed by atoms with E-state index in [-0.39, 0.29) is 12.0 Å². The molecule has 7 nitrogen and oxygen atoms in total. The zero-order chi connectivity index (χ0) is 13.7. The average molecular weight is 282 g/mol. The first kappa shape index (κ1) is 13.8. The summed E-state index contributed by atoms with van der Waals surface area (Å²) >= 11 is 1.50. The minimum Gasteiger partial charge on any atom is -0.331 e. The Labute approximate surface area is 114 Å². The summed E-state index contributed by atoms with van der Waals surface area (Å²) in [5.41, 5.74) is 1.82. The van der Waals surface area contributed by atoms with Crippen LogP contribution < -0.4 is 5.32 Å². The van der Waals surface area contributed by atoms with Crippen molar-refractivity contribution in [2.75, 3.05) is 11.9 Å². The molecule has 2 rings (SSSR count). The molecule has 0 radical (unpaired) electrons. The molecule has 0 saturated carbocycles. The van der Waals surface area contributed by atoms with Gasteiger partial charge in [0.15, 0.2) is 5.13 Å². The van der Waals surface area contributed by atoms with Gasteiger partial charge in [0.25, 0.3) is 0 Å². The Kier molecular flexibility index (Phi) is 4.77. The fourth-order valence-electron chi connectivity index (χ4n) is 1.49. The molecule has 19 heavy (non-hydrogen) atoms. The second-order valence-corrected chi connectivity index (χ2v) is 4.81. The third-order valence-corrected chi connectivity index (χ3v) is 3.49. The number of anilines is 2. The minimum absolute atomic E-state index is 0.171. The summed E-state index contributed by atoms with van der Waals surface area (Å²) < 4.78 is 0. The van der Waals surface area contributed by atoms with Crippen LogP contribution in [0.3, 0.4) is 0 Å². The Morgan fingerprint density at radius 3 is 2.79 bits per heavy atom.